The molecule has 0 saturated carbocycles. The summed E-state index contributed by atoms with van der Waals surface area (Å²) < 4.78 is 0.830. The molecule has 4 heteroatoms. The highest BCUT2D eigenvalue weighted by Crippen LogP contribution is 2.28. The SMILES string of the molecule is CCC1CCCN(c2cc(Br)cc(C(=O)O)c2)C1. The van der Waals surface area contributed by atoms with E-state index in [0.717, 1.165) is 29.2 Å². The van der Waals surface area contributed by atoms with Crippen LogP contribution in [0.1, 0.15) is 36.5 Å². The summed E-state index contributed by atoms with van der Waals surface area (Å²) >= 11 is 3.39. The number of anilines is 1. The summed E-state index contributed by atoms with van der Waals surface area (Å²) in [5.41, 5.74) is 1.36. The third kappa shape index (κ3) is 3.05. The van der Waals surface area contributed by atoms with Crippen molar-refractivity contribution in [2.24, 2.45) is 5.92 Å². The number of hydrogen-bond acceptors (Lipinski definition) is 2. The molecular weight excluding hydrogens is 294 g/mol. The summed E-state index contributed by atoms with van der Waals surface area (Å²) in [5.74, 6) is -0.146. The van der Waals surface area contributed by atoms with Crippen LogP contribution in [0, 0.1) is 5.92 Å². The second-order valence-electron chi connectivity index (χ2n) is 4.87. The lowest BCUT2D eigenvalue weighted by Crippen LogP contribution is -2.35. The molecular formula is C14H18BrNO2. The average molecular weight is 312 g/mol. The van der Waals surface area contributed by atoms with Crippen LogP contribution in [0.2, 0.25) is 0 Å². The maximum Gasteiger partial charge on any atom is 0.335 e. The van der Waals surface area contributed by atoms with Crippen molar-refractivity contribution in [3.63, 3.8) is 0 Å². The van der Waals surface area contributed by atoms with Gasteiger partial charge in [0.25, 0.3) is 0 Å². The maximum atomic E-state index is 11.1. The molecule has 1 aliphatic heterocycles. The van der Waals surface area contributed by atoms with E-state index in [1.807, 2.05) is 6.07 Å². The Hall–Kier alpha value is -1.03. The standard InChI is InChI=1S/C14H18BrNO2/c1-2-10-4-3-5-16(9-10)13-7-11(14(17)18)6-12(15)8-13/h6-8,10H,2-5,9H2,1H3,(H,17,18). The van der Waals surface area contributed by atoms with Crippen molar-refractivity contribution in [2.75, 3.05) is 18.0 Å². The quantitative estimate of drug-likeness (QED) is 0.923. The third-order valence-electron chi connectivity index (χ3n) is 3.59. The number of halogens is 1. The molecule has 2 rings (SSSR count). The topological polar surface area (TPSA) is 40.5 Å². The van der Waals surface area contributed by atoms with Gasteiger partial charge in [0.05, 0.1) is 5.56 Å². The number of carboxylic acids is 1. The Kier molecular flexibility index (Phi) is 4.27. The predicted octanol–water partition coefficient (Wildman–Crippen LogP) is 3.77. The van der Waals surface area contributed by atoms with Gasteiger partial charge in [0.15, 0.2) is 0 Å². The summed E-state index contributed by atoms with van der Waals surface area (Å²) in [6.45, 7) is 4.27. The van der Waals surface area contributed by atoms with Crippen molar-refractivity contribution in [2.45, 2.75) is 26.2 Å². The van der Waals surface area contributed by atoms with Crippen LogP contribution in [-0.2, 0) is 0 Å². The van der Waals surface area contributed by atoms with Gasteiger partial charge in [-0.05, 0) is 37.0 Å². The number of aromatic carboxylic acids is 1. The van der Waals surface area contributed by atoms with Crippen LogP contribution in [0.5, 0.6) is 0 Å². The van der Waals surface area contributed by atoms with Crippen LogP contribution in [0.25, 0.3) is 0 Å². The van der Waals surface area contributed by atoms with Crippen molar-refractivity contribution in [3.05, 3.63) is 28.2 Å². The minimum Gasteiger partial charge on any atom is -0.478 e. The Balaban J connectivity index is 2.24. The Bertz CT molecular complexity index is 447. The number of hydrogen-bond donors (Lipinski definition) is 1. The molecule has 1 fully saturated rings. The monoisotopic (exact) mass is 311 g/mol. The number of piperidine rings is 1. The van der Waals surface area contributed by atoms with E-state index in [0.29, 0.717) is 5.56 Å². The molecule has 1 aliphatic rings. The van der Waals surface area contributed by atoms with E-state index in [2.05, 4.69) is 27.8 Å². The van der Waals surface area contributed by atoms with Crippen molar-refractivity contribution in [1.29, 1.82) is 0 Å². The van der Waals surface area contributed by atoms with E-state index < -0.39 is 5.97 Å². The number of carbonyl (C=O) groups is 1. The van der Waals surface area contributed by atoms with Gasteiger partial charge in [-0.1, -0.05) is 29.3 Å². The summed E-state index contributed by atoms with van der Waals surface area (Å²) in [6, 6.07) is 5.42. The number of nitrogens with zero attached hydrogens (tertiary/aromatic N) is 1. The van der Waals surface area contributed by atoms with Gasteiger partial charge < -0.3 is 10.0 Å². The molecule has 98 valence electrons. The highest BCUT2D eigenvalue weighted by molar-refractivity contribution is 9.10. The lowest BCUT2D eigenvalue weighted by Gasteiger charge is -2.34. The number of rotatable bonds is 3. The van der Waals surface area contributed by atoms with E-state index in [9.17, 15) is 4.79 Å². The maximum absolute atomic E-state index is 11.1. The van der Waals surface area contributed by atoms with Crippen LogP contribution < -0.4 is 4.90 Å². The van der Waals surface area contributed by atoms with Crippen LogP contribution >= 0.6 is 15.9 Å². The zero-order valence-electron chi connectivity index (χ0n) is 10.5. The highest BCUT2D eigenvalue weighted by Gasteiger charge is 2.19. The molecule has 0 amide bonds. The molecule has 0 aliphatic carbocycles. The normalized spacial score (nSPS) is 19.9. The van der Waals surface area contributed by atoms with Gasteiger partial charge in [-0.15, -0.1) is 0 Å². The Morgan fingerprint density at radius 1 is 1.50 bits per heavy atom. The van der Waals surface area contributed by atoms with Crippen molar-refractivity contribution < 1.29 is 9.90 Å². The van der Waals surface area contributed by atoms with Gasteiger partial charge in [-0.25, -0.2) is 4.79 Å². The van der Waals surface area contributed by atoms with Crippen molar-refractivity contribution >= 4 is 27.6 Å². The molecule has 1 saturated heterocycles. The molecule has 0 radical (unpaired) electrons. The molecule has 0 spiro atoms. The Labute approximate surface area is 116 Å². The fourth-order valence-electron chi connectivity index (χ4n) is 2.51. The summed E-state index contributed by atoms with van der Waals surface area (Å²) in [5, 5.41) is 9.09. The van der Waals surface area contributed by atoms with Crippen molar-refractivity contribution in [1.82, 2.24) is 0 Å². The van der Waals surface area contributed by atoms with Crippen LogP contribution in [0.4, 0.5) is 5.69 Å². The van der Waals surface area contributed by atoms with E-state index >= 15 is 0 Å². The summed E-state index contributed by atoms with van der Waals surface area (Å²) in [6.07, 6.45) is 3.66. The van der Waals surface area contributed by atoms with E-state index in [1.54, 1.807) is 12.1 Å². The Morgan fingerprint density at radius 2 is 2.28 bits per heavy atom. The smallest absolute Gasteiger partial charge is 0.335 e. The number of carboxylic acid groups (broad SMARTS) is 1. The molecule has 1 unspecified atom stereocenters. The molecule has 0 bridgehead atoms. The fourth-order valence-corrected chi connectivity index (χ4v) is 2.99. The first-order valence-electron chi connectivity index (χ1n) is 6.39. The van der Waals surface area contributed by atoms with Gasteiger partial charge in [-0.3, -0.25) is 0 Å². The van der Waals surface area contributed by atoms with Crippen molar-refractivity contribution in [3.8, 4) is 0 Å². The highest BCUT2D eigenvalue weighted by atomic mass is 79.9. The van der Waals surface area contributed by atoms with Gasteiger partial charge in [0, 0.05) is 23.2 Å². The molecule has 1 aromatic rings. The molecule has 1 N–H and O–H groups in total. The zero-order valence-corrected chi connectivity index (χ0v) is 12.1. The lowest BCUT2D eigenvalue weighted by molar-refractivity contribution is 0.0697. The molecule has 18 heavy (non-hydrogen) atoms. The van der Waals surface area contributed by atoms with E-state index in [4.69, 9.17) is 5.11 Å². The minimum atomic E-state index is -0.874. The van der Waals surface area contributed by atoms with Gasteiger partial charge in [0.2, 0.25) is 0 Å². The van der Waals surface area contributed by atoms with Gasteiger partial charge in [-0.2, -0.15) is 0 Å². The van der Waals surface area contributed by atoms with Crippen LogP contribution in [0.15, 0.2) is 22.7 Å². The van der Waals surface area contributed by atoms with E-state index in [-0.39, 0.29) is 0 Å². The minimum absolute atomic E-state index is 0.345. The molecule has 1 heterocycles. The molecule has 3 nitrogen and oxygen atoms in total. The predicted molar refractivity (Wildman–Crippen MR) is 76.3 cm³/mol. The third-order valence-corrected chi connectivity index (χ3v) is 4.05. The van der Waals surface area contributed by atoms with Crippen LogP contribution in [0.3, 0.4) is 0 Å². The molecule has 0 aromatic heterocycles. The second kappa shape index (κ2) is 5.74. The van der Waals surface area contributed by atoms with Gasteiger partial charge >= 0.3 is 5.97 Å². The Morgan fingerprint density at radius 3 is 2.94 bits per heavy atom. The molecule has 1 aromatic carbocycles. The largest absolute Gasteiger partial charge is 0.478 e. The van der Waals surface area contributed by atoms with E-state index in [1.165, 1.54) is 19.3 Å². The lowest BCUT2D eigenvalue weighted by atomic mass is 9.95. The summed E-state index contributed by atoms with van der Waals surface area (Å²) in [7, 11) is 0. The zero-order chi connectivity index (χ0) is 13.1. The summed E-state index contributed by atoms with van der Waals surface area (Å²) in [4.78, 5) is 13.4. The van der Waals surface area contributed by atoms with Crippen LogP contribution in [-0.4, -0.2) is 24.2 Å². The first-order chi connectivity index (χ1) is 8.60. The molecule has 1 atom stereocenters. The first-order valence-corrected chi connectivity index (χ1v) is 7.18. The first kappa shape index (κ1) is 13.4. The van der Waals surface area contributed by atoms with Gasteiger partial charge in [0.1, 0.15) is 0 Å². The average Bonchev–Trinajstić information content (AvgIpc) is 2.38. The fraction of sp³-hybridized carbons (Fsp3) is 0.500. The number of benzene rings is 1. The second-order valence-corrected chi connectivity index (χ2v) is 5.78.